The maximum atomic E-state index is 12.3. The van der Waals surface area contributed by atoms with Crippen LogP contribution in [0.25, 0.3) is 0 Å². The van der Waals surface area contributed by atoms with Crippen LogP contribution in [0.15, 0.2) is 12.1 Å². The Morgan fingerprint density at radius 1 is 1.29 bits per heavy atom. The molecule has 3 N–H and O–H groups in total. The molecule has 1 unspecified atom stereocenters. The molecule has 1 aromatic carbocycles. The second-order valence-corrected chi connectivity index (χ2v) is 6.27. The summed E-state index contributed by atoms with van der Waals surface area (Å²) in [6, 6.07) is 3.28. The van der Waals surface area contributed by atoms with Gasteiger partial charge >= 0.3 is 0 Å². The summed E-state index contributed by atoms with van der Waals surface area (Å²) in [4.78, 5) is 12.3. The van der Waals surface area contributed by atoms with Crippen molar-refractivity contribution in [2.24, 2.45) is 11.3 Å². The third kappa shape index (κ3) is 4.28. The zero-order valence-corrected chi connectivity index (χ0v) is 13.7. The highest BCUT2D eigenvalue weighted by molar-refractivity contribution is 6.00. The zero-order chi connectivity index (χ0) is 16.2. The summed E-state index contributed by atoms with van der Waals surface area (Å²) >= 11 is 0. The lowest BCUT2D eigenvalue weighted by molar-refractivity contribution is 0.0937. The number of rotatable bonds is 5. The van der Waals surface area contributed by atoms with Crippen LogP contribution in [0.2, 0.25) is 0 Å². The van der Waals surface area contributed by atoms with Gasteiger partial charge in [-0.15, -0.1) is 0 Å². The van der Waals surface area contributed by atoms with Crippen molar-refractivity contribution in [3.8, 4) is 11.5 Å². The molecule has 5 nitrogen and oxygen atoms in total. The molecule has 118 valence electrons. The van der Waals surface area contributed by atoms with E-state index >= 15 is 0 Å². The fraction of sp³-hybridized carbons (Fsp3) is 0.562. The van der Waals surface area contributed by atoms with Gasteiger partial charge in [-0.2, -0.15) is 0 Å². The number of nitrogens with two attached hydrogens (primary N) is 1. The molecule has 0 bridgehead atoms. The van der Waals surface area contributed by atoms with Crippen LogP contribution in [-0.2, 0) is 0 Å². The van der Waals surface area contributed by atoms with E-state index in [0.717, 1.165) is 0 Å². The first kappa shape index (κ1) is 17.1. The van der Waals surface area contributed by atoms with Crippen molar-refractivity contribution in [1.82, 2.24) is 5.32 Å². The minimum atomic E-state index is -0.221. The van der Waals surface area contributed by atoms with Gasteiger partial charge in [-0.05, 0) is 17.4 Å². The van der Waals surface area contributed by atoms with Gasteiger partial charge in [0.2, 0.25) is 0 Å². The lowest BCUT2D eigenvalue weighted by atomic mass is 9.82. The molecule has 0 aromatic heterocycles. The Labute approximate surface area is 126 Å². The highest BCUT2D eigenvalue weighted by Crippen LogP contribution is 2.31. The molecule has 0 aliphatic carbocycles. The molecule has 5 heteroatoms. The summed E-state index contributed by atoms with van der Waals surface area (Å²) in [6.45, 7) is 9.13. The molecule has 1 aromatic rings. The minimum Gasteiger partial charge on any atom is -0.497 e. The highest BCUT2D eigenvalue weighted by Gasteiger charge is 2.22. The number of hydrogen-bond acceptors (Lipinski definition) is 4. The van der Waals surface area contributed by atoms with E-state index in [9.17, 15) is 4.79 Å². The summed E-state index contributed by atoms with van der Waals surface area (Å²) in [5, 5.41) is 2.92. The fourth-order valence-corrected chi connectivity index (χ4v) is 1.72. The zero-order valence-electron chi connectivity index (χ0n) is 13.7. The number of benzene rings is 1. The first-order chi connectivity index (χ1) is 9.70. The van der Waals surface area contributed by atoms with E-state index in [1.165, 1.54) is 14.2 Å². The molecule has 0 saturated heterocycles. The van der Waals surface area contributed by atoms with Crippen molar-refractivity contribution < 1.29 is 14.3 Å². The highest BCUT2D eigenvalue weighted by atomic mass is 16.5. The van der Waals surface area contributed by atoms with Gasteiger partial charge in [0.15, 0.2) is 0 Å². The molecule has 0 fully saturated rings. The number of carbonyl (C=O) groups excluding carboxylic acids is 1. The number of methoxy groups -OCH3 is 2. The number of anilines is 1. The summed E-state index contributed by atoms with van der Waals surface area (Å²) in [5.41, 5.74) is 6.79. The van der Waals surface area contributed by atoms with Crippen LogP contribution in [0.1, 0.15) is 38.1 Å². The first-order valence-corrected chi connectivity index (χ1v) is 7.00. The Kier molecular flexibility index (Phi) is 5.47. The Morgan fingerprint density at radius 3 is 2.38 bits per heavy atom. The third-order valence-electron chi connectivity index (χ3n) is 3.86. The van der Waals surface area contributed by atoms with E-state index in [1.54, 1.807) is 12.1 Å². The molecule has 0 saturated carbocycles. The van der Waals surface area contributed by atoms with Crippen molar-refractivity contribution in [2.45, 2.75) is 27.7 Å². The van der Waals surface area contributed by atoms with E-state index in [0.29, 0.717) is 35.2 Å². The van der Waals surface area contributed by atoms with Crippen LogP contribution in [-0.4, -0.2) is 26.7 Å². The maximum absolute atomic E-state index is 12.3. The van der Waals surface area contributed by atoms with Crippen LogP contribution in [0.4, 0.5) is 5.69 Å². The Balaban J connectivity index is 2.92. The van der Waals surface area contributed by atoms with E-state index < -0.39 is 0 Å². The van der Waals surface area contributed by atoms with Crippen LogP contribution >= 0.6 is 0 Å². The van der Waals surface area contributed by atoms with Gasteiger partial charge in [-0.3, -0.25) is 4.79 Å². The summed E-state index contributed by atoms with van der Waals surface area (Å²) in [7, 11) is 3.04. The maximum Gasteiger partial charge on any atom is 0.253 e. The number of ether oxygens (including phenoxy) is 2. The largest absolute Gasteiger partial charge is 0.497 e. The summed E-state index contributed by atoms with van der Waals surface area (Å²) in [5.74, 6) is 1.09. The molecule has 1 atom stereocenters. The Hall–Kier alpha value is -1.91. The first-order valence-electron chi connectivity index (χ1n) is 7.00. The van der Waals surface area contributed by atoms with Crippen LogP contribution in [0.3, 0.4) is 0 Å². The lowest BCUT2D eigenvalue weighted by Gasteiger charge is -2.27. The Morgan fingerprint density at radius 2 is 1.90 bits per heavy atom. The molecule has 0 spiro atoms. The third-order valence-corrected chi connectivity index (χ3v) is 3.86. The monoisotopic (exact) mass is 294 g/mol. The minimum absolute atomic E-state index is 0.130. The predicted octanol–water partition coefficient (Wildman–Crippen LogP) is 2.70. The molecule has 0 aliphatic heterocycles. The summed E-state index contributed by atoms with van der Waals surface area (Å²) < 4.78 is 10.3. The molecule has 1 rings (SSSR count). The quantitative estimate of drug-likeness (QED) is 0.819. The van der Waals surface area contributed by atoms with E-state index in [-0.39, 0.29) is 11.3 Å². The predicted molar refractivity (Wildman–Crippen MR) is 84.9 cm³/mol. The van der Waals surface area contributed by atoms with E-state index in [2.05, 4.69) is 33.0 Å². The second kappa shape index (κ2) is 6.70. The lowest BCUT2D eigenvalue weighted by Crippen LogP contribution is -2.34. The smallest absolute Gasteiger partial charge is 0.253 e. The molecule has 0 heterocycles. The van der Waals surface area contributed by atoms with Crippen LogP contribution in [0.5, 0.6) is 11.5 Å². The van der Waals surface area contributed by atoms with Crippen LogP contribution in [0, 0.1) is 11.3 Å². The van der Waals surface area contributed by atoms with Gasteiger partial charge < -0.3 is 20.5 Å². The standard InChI is InChI=1S/C16H26N2O3/c1-10(16(2,3)4)9-18-15(19)12-7-11(20-5)8-13(21-6)14(12)17/h7-8,10H,9,17H2,1-6H3,(H,18,19). The SMILES string of the molecule is COc1cc(OC)c(N)c(C(=O)NCC(C)C(C)(C)C)c1. The number of nitrogen functional groups attached to an aromatic ring is 1. The molecule has 1 amide bonds. The van der Waals surface area contributed by atoms with Crippen LogP contribution < -0.4 is 20.5 Å². The average molecular weight is 294 g/mol. The number of hydrogen-bond donors (Lipinski definition) is 2. The number of nitrogens with one attached hydrogen (secondary N) is 1. The molecular weight excluding hydrogens is 268 g/mol. The van der Waals surface area contributed by atoms with Gasteiger partial charge in [-0.25, -0.2) is 0 Å². The Bertz CT molecular complexity index is 507. The van der Waals surface area contributed by atoms with Gasteiger partial charge in [0, 0.05) is 12.6 Å². The van der Waals surface area contributed by atoms with Gasteiger partial charge in [0.25, 0.3) is 5.91 Å². The fourth-order valence-electron chi connectivity index (χ4n) is 1.72. The van der Waals surface area contributed by atoms with Crippen molar-refractivity contribution >= 4 is 11.6 Å². The molecule has 0 aliphatic rings. The van der Waals surface area contributed by atoms with Crippen molar-refractivity contribution in [3.63, 3.8) is 0 Å². The average Bonchev–Trinajstić information content (AvgIpc) is 2.43. The molecular formula is C16H26N2O3. The van der Waals surface area contributed by atoms with Gasteiger partial charge in [-0.1, -0.05) is 27.7 Å². The van der Waals surface area contributed by atoms with E-state index in [4.69, 9.17) is 15.2 Å². The van der Waals surface area contributed by atoms with Crippen molar-refractivity contribution in [2.75, 3.05) is 26.5 Å². The molecule has 0 radical (unpaired) electrons. The van der Waals surface area contributed by atoms with Gasteiger partial charge in [0.1, 0.15) is 11.5 Å². The van der Waals surface area contributed by atoms with Crippen molar-refractivity contribution in [1.29, 1.82) is 0 Å². The number of carbonyl (C=O) groups is 1. The van der Waals surface area contributed by atoms with Crippen molar-refractivity contribution in [3.05, 3.63) is 17.7 Å². The van der Waals surface area contributed by atoms with Gasteiger partial charge in [0.05, 0.1) is 25.5 Å². The summed E-state index contributed by atoms with van der Waals surface area (Å²) in [6.07, 6.45) is 0. The molecule has 21 heavy (non-hydrogen) atoms. The second-order valence-electron chi connectivity index (χ2n) is 6.27. The topological polar surface area (TPSA) is 73.6 Å². The van der Waals surface area contributed by atoms with E-state index in [1.807, 2.05) is 0 Å². The number of amides is 1. The normalized spacial score (nSPS) is 12.7.